The first-order chi connectivity index (χ1) is 8.99. The van der Waals surface area contributed by atoms with E-state index >= 15 is 0 Å². The smallest absolute Gasteiger partial charge is 0.163 e. The molecule has 0 aromatic heterocycles. The van der Waals surface area contributed by atoms with Crippen molar-refractivity contribution < 1.29 is 13.9 Å². The summed E-state index contributed by atoms with van der Waals surface area (Å²) in [6.45, 7) is 4.42. The molecule has 0 N–H and O–H groups in total. The van der Waals surface area contributed by atoms with Gasteiger partial charge in [0.25, 0.3) is 0 Å². The van der Waals surface area contributed by atoms with E-state index in [2.05, 4.69) is 11.9 Å². The maximum atomic E-state index is 13.5. The van der Waals surface area contributed by atoms with Gasteiger partial charge in [-0.2, -0.15) is 0 Å². The first-order valence-electron chi connectivity index (χ1n) is 6.63. The summed E-state index contributed by atoms with van der Waals surface area (Å²) in [5.41, 5.74) is 0.813. The number of ketones is 1. The lowest BCUT2D eigenvalue weighted by atomic mass is 10.1. The number of nitrogens with zero attached hydrogens (tertiary/aromatic N) is 1. The molecular weight excluding hydrogens is 245 g/mol. The van der Waals surface area contributed by atoms with E-state index in [1.807, 2.05) is 0 Å². The number of halogens is 1. The monoisotopic (exact) mass is 265 g/mol. The van der Waals surface area contributed by atoms with Crippen molar-refractivity contribution in [3.63, 3.8) is 0 Å². The van der Waals surface area contributed by atoms with E-state index in [0.29, 0.717) is 29.5 Å². The number of hydrogen-bond donors (Lipinski definition) is 0. The molecule has 0 amide bonds. The molecule has 3 nitrogen and oxygen atoms in total. The van der Waals surface area contributed by atoms with Crippen LogP contribution in [0.4, 0.5) is 4.39 Å². The first-order valence-corrected chi connectivity index (χ1v) is 6.63. The van der Waals surface area contributed by atoms with Crippen LogP contribution in [-0.2, 0) is 0 Å². The third-order valence-electron chi connectivity index (χ3n) is 3.51. The second-order valence-corrected chi connectivity index (χ2v) is 5.21. The van der Waals surface area contributed by atoms with Crippen molar-refractivity contribution in [2.45, 2.75) is 32.7 Å². The van der Waals surface area contributed by atoms with E-state index in [9.17, 15) is 9.18 Å². The van der Waals surface area contributed by atoms with Gasteiger partial charge in [-0.1, -0.05) is 0 Å². The van der Waals surface area contributed by atoms with Crippen molar-refractivity contribution in [1.82, 2.24) is 4.90 Å². The second kappa shape index (κ2) is 5.70. The van der Waals surface area contributed by atoms with Crippen LogP contribution < -0.4 is 4.74 Å². The van der Waals surface area contributed by atoms with Gasteiger partial charge in [0.1, 0.15) is 18.2 Å². The number of carbonyl (C=O) groups excluding carboxylic acids is 1. The van der Waals surface area contributed by atoms with Crippen LogP contribution in [0.5, 0.6) is 5.75 Å². The Morgan fingerprint density at radius 3 is 2.74 bits per heavy atom. The molecule has 1 aromatic carbocycles. The molecule has 104 valence electrons. The maximum Gasteiger partial charge on any atom is 0.163 e. The molecule has 0 radical (unpaired) electrons. The minimum Gasteiger partial charge on any atom is -0.491 e. The summed E-state index contributed by atoms with van der Waals surface area (Å²) in [5.74, 6) is -0.0623. The number of hydrogen-bond acceptors (Lipinski definition) is 3. The fourth-order valence-electron chi connectivity index (χ4n) is 2.05. The van der Waals surface area contributed by atoms with Crippen LogP contribution in [0.1, 0.15) is 35.7 Å². The number of aryl methyl sites for hydroxylation is 1. The lowest BCUT2D eigenvalue weighted by Crippen LogP contribution is -2.26. The van der Waals surface area contributed by atoms with E-state index in [1.54, 1.807) is 13.0 Å². The molecule has 0 unspecified atom stereocenters. The highest BCUT2D eigenvalue weighted by atomic mass is 19.1. The molecule has 1 aliphatic rings. The highest BCUT2D eigenvalue weighted by Crippen LogP contribution is 2.26. The average Bonchev–Trinajstić information content (AvgIpc) is 3.16. The maximum absolute atomic E-state index is 13.5. The summed E-state index contributed by atoms with van der Waals surface area (Å²) in [7, 11) is 2.07. The third kappa shape index (κ3) is 3.53. The molecular formula is C15H20FNO2. The van der Waals surface area contributed by atoms with Gasteiger partial charge in [0.2, 0.25) is 0 Å². The normalized spacial score (nSPS) is 14.8. The van der Waals surface area contributed by atoms with Gasteiger partial charge in [-0.05, 0) is 51.4 Å². The number of Topliss-reactive ketones (excluding diaryl/α,β-unsaturated/α-hetero) is 1. The quantitative estimate of drug-likeness (QED) is 0.741. The Labute approximate surface area is 113 Å². The highest BCUT2D eigenvalue weighted by molar-refractivity contribution is 5.96. The Morgan fingerprint density at radius 1 is 1.47 bits per heavy atom. The molecule has 1 aromatic rings. The van der Waals surface area contributed by atoms with Gasteiger partial charge in [-0.25, -0.2) is 4.39 Å². The minimum absolute atomic E-state index is 0.176. The lowest BCUT2D eigenvalue weighted by Gasteiger charge is -2.17. The third-order valence-corrected chi connectivity index (χ3v) is 3.51. The van der Waals surface area contributed by atoms with Crippen molar-refractivity contribution in [3.8, 4) is 5.75 Å². The predicted octanol–water partition coefficient (Wildman–Crippen LogP) is 2.81. The highest BCUT2D eigenvalue weighted by Gasteiger charge is 2.25. The van der Waals surface area contributed by atoms with E-state index in [4.69, 9.17) is 4.74 Å². The van der Waals surface area contributed by atoms with Crippen LogP contribution in [0, 0.1) is 12.7 Å². The van der Waals surface area contributed by atoms with Crippen molar-refractivity contribution in [2.24, 2.45) is 0 Å². The minimum atomic E-state index is -0.368. The SMILES string of the molecule is CC(=O)c1cc(F)c(C)cc1OCCN(C)C1CC1. The Morgan fingerprint density at radius 2 is 2.16 bits per heavy atom. The second-order valence-electron chi connectivity index (χ2n) is 5.21. The molecule has 1 saturated carbocycles. The zero-order valence-electron chi connectivity index (χ0n) is 11.7. The molecule has 0 bridgehead atoms. The Hall–Kier alpha value is -1.42. The van der Waals surface area contributed by atoms with Crippen molar-refractivity contribution >= 4 is 5.78 Å². The van der Waals surface area contributed by atoms with Gasteiger partial charge in [0, 0.05) is 12.6 Å². The van der Waals surface area contributed by atoms with Crippen molar-refractivity contribution in [2.75, 3.05) is 20.2 Å². The molecule has 1 fully saturated rings. The fraction of sp³-hybridized carbons (Fsp3) is 0.533. The van der Waals surface area contributed by atoms with Gasteiger partial charge in [0.15, 0.2) is 5.78 Å². The van der Waals surface area contributed by atoms with E-state index in [0.717, 1.165) is 6.54 Å². The van der Waals surface area contributed by atoms with Crippen LogP contribution in [0.2, 0.25) is 0 Å². The van der Waals surface area contributed by atoms with Gasteiger partial charge >= 0.3 is 0 Å². The van der Waals surface area contributed by atoms with E-state index in [-0.39, 0.29) is 11.6 Å². The molecule has 4 heteroatoms. The zero-order chi connectivity index (χ0) is 14.0. The predicted molar refractivity (Wildman–Crippen MR) is 72.3 cm³/mol. The van der Waals surface area contributed by atoms with Gasteiger partial charge in [-0.3, -0.25) is 4.79 Å². The standard InChI is InChI=1S/C15H20FNO2/c1-10-8-15(13(11(2)18)9-14(10)16)19-7-6-17(3)12-4-5-12/h8-9,12H,4-7H2,1-3H3. The zero-order valence-corrected chi connectivity index (χ0v) is 11.7. The summed E-state index contributed by atoms with van der Waals surface area (Å²) in [4.78, 5) is 13.7. The van der Waals surface area contributed by atoms with E-state index < -0.39 is 0 Å². The largest absolute Gasteiger partial charge is 0.491 e. The Kier molecular flexibility index (Phi) is 4.20. The number of rotatable bonds is 6. The molecule has 0 saturated heterocycles. The number of benzene rings is 1. The molecule has 19 heavy (non-hydrogen) atoms. The van der Waals surface area contributed by atoms with Crippen LogP contribution in [0.15, 0.2) is 12.1 Å². The lowest BCUT2D eigenvalue weighted by molar-refractivity contribution is 0.101. The molecule has 0 heterocycles. The number of carbonyl (C=O) groups is 1. The van der Waals surface area contributed by atoms with Crippen molar-refractivity contribution in [1.29, 1.82) is 0 Å². The molecule has 1 aliphatic carbocycles. The fourth-order valence-corrected chi connectivity index (χ4v) is 2.05. The summed E-state index contributed by atoms with van der Waals surface area (Å²) in [5, 5.41) is 0. The summed E-state index contributed by atoms with van der Waals surface area (Å²) < 4.78 is 19.1. The van der Waals surface area contributed by atoms with Crippen LogP contribution in [-0.4, -0.2) is 36.9 Å². The average molecular weight is 265 g/mol. The first kappa shape index (κ1) is 14.0. The van der Waals surface area contributed by atoms with Gasteiger partial charge in [0.05, 0.1) is 5.56 Å². The summed E-state index contributed by atoms with van der Waals surface area (Å²) >= 11 is 0. The summed E-state index contributed by atoms with van der Waals surface area (Å²) in [6.07, 6.45) is 2.51. The molecule has 0 aliphatic heterocycles. The topological polar surface area (TPSA) is 29.5 Å². The van der Waals surface area contributed by atoms with Crippen LogP contribution >= 0.6 is 0 Å². The molecule has 2 rings (SSSR count). The Bertz CT molecular complexity index is 483. The molecule has 0 spiro atoms. The van der Waals surface area contributed by atoms with Gasteiger partial charge < -0.3 is 9.64 Å². The van der Waals surface area contributed by atoms with Crippen LogP contribution in [0.3, 0.4) is 0 Å². The molecule has 0 atom stereocenters. The number of ether oxygens (including phenoxy) is 1. The Balaban J connectivity index is 2.01. The van der Waals surface area contributed by atoms with Gasteiger partial charge in [-0.15, -0.1) is 0 Å². The number of likely N-dealkylation sites (N-methyl/N-ethyl adjacent to an activating group) is 1. The summed E-state index contributed by atoms with van der Waals surface area (Å²) in [6, 6.07) is 3.55. The van der Waals surface area contributed by atoms with Crippen molar-refractivity contribution in [3.05, 3.63) is 29.1 Å². The van der Waals surface area contributed by atoms with Crippen LogP contribution in [0.25, 0.3) is 0 Å². The van der Waals surface area contributed by atoms with E-state index in [1.165, 1.54) is 25.8 Å².